The molecule has 264 valence electrons. The summed E-state index contributed by atoms with van der Waals surface area (Å²) in [7, 11) is 0. The van der Waals surface area contributed by atoms with Crippen molar-refractivity contribution in [1.29, 1.82) is 0 Å². The fourth-order valence-corrected chi connectivity index (χ4v) is 8.08. The Morgan fingerprint density at radius 3 is 1.50 bits per heavy atom. The largest absolute Gasteiger partial charge is 0.248 e. The quantitative estimate of drug-likeness (QED) is 0.154. The Hall–Kier alpha value is -7.16. The van der Waals surface area contributed by atoms with Gasteiger partial charge in [0.05, 0.1) is 22.6 Å². The lowest BCUT2D eigenvalue weighted by atomic mass is 9.90. The van der Waals surface area contributed by atoms with Gasteiger partial charge in [0.25, 0.3) is 0 Å². The van der Waals surface area contributed by atoms with Crippen molar-refractivity contribution in [2.75, 3.05) is 0 Å². The van der Waals surface area contributed by atoms with Crippen LogP contribution in [-0.2, 0) is 0 Å². The van der Waals surface area contributed by atoms with E-state index in [1.54, 1.807) is 0 Å². The molecule has 0 fully saturated rings. The summed E-state index contributed by atoms with van der Waals surface area (Å²) in [6.45, 7) is 0. The molecule has 0 bridgehead atoms. The molecule has 10 rings (SSSR count). The van der Waals surface area contributed by atoms with Gasteiger partial charge in [0.2, 0.25) is 0 Å². The van der Waals surface area contributed by atoms with Crippen LogP contribution in [0.2, 0.25) is 0 Å². The molecule has 0 aliphatic heterocycles. The number of nitrogens with zero attached hydrogens (tertiary/aromatic N) is 2. The summed E-state index contributed by atoms with van der Waals surface area (Å²) < 4.78 is 0. The van der Waals surface area contributed by atoms with E-state index in [0.29, 0.717) is 0 Å². The number of hydrogen-bond donors (Lipinski definition) is 0. The molecule has 2 aromatic heterocycles. The van der Waals surface area contributed by atoms with Gasteiger partial charge in [-0.15, -0.1) is 0 Å². The van der Waals surface area contributed by atoms with Gasteiger partial charge in [-0.3, -0.25) is 0 Å². The molecule has 1 aliphatic carbocycles. The predicted molar refractivity (Wildman–Crippen MR) is 236 cm³/mol. The van der Waals surface area contributed by atoms with Crippen LogP contribution in [0.4, 0.5) is 0 Å². The second kappa shape index (κ2) is 14.6. The van der Waals surface area contributed by atoms with Crippen molar-refractivity contribution in [3.05, 3.63) is 218 Å². The van der Waals surface area contributed by atoms with Gasteiger partial charge < -0.3 is 0 Å². The van der Waals surface area contributed by atoms with Crippen molar-refractivity contribution < 1.29 is 0 Å². The van der Waals surface area contributed by atoms with Crippen LogP contribution in [0.5, 0.6) is 0 Å². The van der Waals surface area contributed by atoms with Crippen molar-refractivity contribution >= 4 is 32.8 Å². The SMILES string of the molecule is C1=C(c2ccccc2)CCC(c2cc(-c3cccc(-c4ccc5ccc6nc(-c7ccccc7)cc(-c7ccccc7)c6c5c4)c3)cc(-c3ccccc3)n2)=C1. The molecule has 2 heterocycles. The Labute approximate surface area is 327 Å². The van der Waals surface area contributed by atoms with E-state index in [9.17, 15) is 0 Å². The summed E-state index contributed by atoms with van der Waals surface area (Å²) in [6.07, 6.45) is 6.48. The highest BCUT2D eigenvalue weighted by Crippen LogP contribution is 2.39. The summed E-state index contributed by atoms with van der Waals surface area (Å²) >= 11 is 0. The van der Waals surface area contributed by atoms with Gasteiger partial charge in [-0.2, -0.15) is 0 Å². The highest BCUT2D eigenvalue weighted by molar-refractivity contribution is 6.14. The third kappa shape index (κ3) is 6.52. The number of hydrogen-bond acceptors (Lipinski definition) is 2. The Balaban J connectivity index is 1.09. The van der Waals surface area contributed by atoms with E-state index in [1.165, 1.54) is 55.1 Å². The molecule has 0 atom stereocenters. The van der Waals surface area contributed by atoms with E-state index in [2.05, 4.69) is 206 Å². The van der Waals surface area contributed by atoms with E-state index >= 15 is 0 Å². The molecular weight excluding hydrogens is 677 g/mol. The van der Waals surface area contributed by atoms with Gasteiger partial charge in [0.15, 0.2) is 0 Å². The second-order valence-corrected chi connectivity index (χ2v) is 14.5. The smallest absolute Gasteiger partial charge is 0.0722 e. The Bertz CT molecular complexity index is 2930. The zero-order valence-electron chi connectivity index (χ0n) is 30.9. The van der Waals surface area contributed by atoms with E-state index in [0.717, 1.165) is 57.7 Å². The maximum Gasteiger partial charge on any atom is 0.0722 e. The lowest BCUT2D eigenvalue weighted by molar-refractivity contribution is 1.05. The summed E-state index contributed by atoms with van der Waals surface area (Å²) in [4.78, 5) is 10.5. The molecule has 2 nitrogen and oxygen atoms in total. The second-order valence-electron chi connectivity index (χ2n) is 14.5. The maximum absolute atomic E-state index is 5.25. The average molecular weight is 715 g/mol. The Morgan fingerprint density at radius 2 is 0.839 bits per heavy atom. The van der Waals surface area contributed by atoms with E-state index < -0.39 is 0 Å². The molecule has 0 unspecified atom stereocenters. The highest BCUT2D eigenvalue weighted by atomic mass is 14.7. The number of allylic oxidation sites excluding steroid dienone is 4. The predicted octanol–water partition coefficient (Wildman–Crippen LogP) is 14.4. The van der Waals surface area contributed by atoms with Crippen molar-refractivity contribution in [2.24, 2.45) is 0 Å². The molecule has 0 amide bonds. The minimum atomic E-state index is 0.948. The lowest BCUT2D eigenvalue weighted by Gasteiger charge is -2.17. The van der Waals surface area contributed by atoms with E-state index in [-0.39, 0.29) is 0 Å². The molecule has 56 heavy (non-hydrogen) atoms. The molecule has 2 heteroatoms. The van der Waals surface area contributed by atoms with Gasteiger partial charge in [-0.1, -0.05) is 170 Å². The summed E-state index contributed by atoms with van der Waals surface area (Å²) in [5, 5.41) is 3.56. The minimum Gasteiger partial charge on any atom is -0.248 e. The molecule has 9 aromatic rings. The van der Waals surface area contributed by atoms with Crippen LogP contribution >= 0.6 is 0 Å². The number of fused-ring (bicyclic) bond motifs is 3. The Kier molecular flexibility index (Phi) is 8.70. The first-order valence-corrected chi connectivity index (χ1v) is 19.4. The van der Waals surface area contributed by atoms with E-state index in [4.69, 9.17) is 9.97 Å². The van der Waals surface area contributed by atoms with Gasteiger partial charge >= 0.3 is 0 Å². The first-order valence-electron chi connectivity index (χ1n) is 19.4. The van der Waals surface area contributed by atoms with Crippen LogP contribution in [0.25, 0.3) is 88.7 Å². The summed E-state index contributed by atoms with van der Waals surface area (Å²) in [5.74, 6) is 0. The average Bonchev–Trinajstić information content (AvgIpc) is 3.29. The topological polar surface area (TPSA) is 25.8 Å². The maximum atomic E-state index is 5.25. The normalized spacial score (nSPS) is 12.7. The zero-order valence-corrected chi connectivity index (χ0v) is 30.9. The van der Waals surface area contributed by atoms with Gasteiger partial charge in [0, 0.05) is 16.5 Å². The zero-order chi connectivity index (χ0) is 37.3. The number of aromatic nitrogens is 2. The fraction of sp³-hybridized carbons (Fsp3) is 0.0370. The van der Waals surface area contributed by atoms with Gasteiger partial charge in [-0.05, 0) is 110 Å². The summed E-state index contributed by atoms with van der Waals surface area (Å²) in [6, 6.07) is 69.3. The number of rotatable bonds is 7. The third-order valence-corrected chi connectivity index (χ3v) is 11.0. The van der Waals surface area contributed by atoms with Crippen LogP contribution in [0.3, 0.4) is 0 Å². The Morgan fingerprint density at radius 1 is 0.321 bits per heavy atom. The first-order chi connectivity index (χ1) is 27.7. The fourth-order valence-electron chi connectivity index (χ4n) is 8.08. The number of pyridine rings is 2. The lowest BCUT2D eigenvalue weighted by Crippen LogP contribution is -1.98. The van der Waals surface area contributed by atoms with Gasteiger partial charge in [0.1, 0.15) is 0 Å². The van der Waals surface area contributed by atoms with Crippen LogP contribution in [-0.4, -0.2) is 9.97 Å². The van der Waals surface area contributed by atoms with Crippen molar-refractivity contribution in [1.82, 2.24) is 9.97 Å². The van der Waals surface area contributed by atoms with Crippen LogP contribution in [0, 0.1) is 0 Å². The molecular formula is C54H38N2. The van der Waals surface area contributed by atoms with Crippen molar-refractivity contribution in [3.8, 4) is 55.9 Å². The van der Waals surface area contributed by atoms with Crippen molar-refractivity contribution in [2.45, 2.75) is 12.8 Å². The molecule has 0 spiro atoms. The molecule has 0 saturated carbocycles. The van der Waals surface area contributed by atoms with Gasteiger partial charge in [-0.25, -0.2) is 9.97 Å². The monoisotopic (exact) mass is 714 g/mol. The molecule has 0 radical (unpaired) electrons. The van der Waals surface area contributed by atoms with Crippen LogP contribution < -0.4 is 0 Å². The van der Waals surface area contributed by atoms with Crippen molar-refractivity contribution in [3.63, 3.8) is 0 Å². The molecule has 1 aliphatic rings. The first kappa shape index (κ1) is 33.4. The van der Waals surface area contributed by atoms with Crippen LogP contribution in [0.15, 0.2) is 206 Å². The van der Waals surface area contributed by atoms with E-state index in [1.807, 2.05) is 0 Å². The number of benzene rings is 7. The third-order valence-electron chi connectivity index (χ3n) is 11.0. The summed E-state index contributed by atoms with van der Waals surface area (Å²) in [5.41, 5.74) is 17.2. The molecule has 0 saturated heterocycles. The van der Waals surface area contributed by atoms with Crippen LogP contribution in [0.1, 0.15) is 24.1 Å². The molecule has 7 aromatic carbocycles. The highest BCUT2D eigenvalue weighted by Gasteiger charge is 2.16. The standard InChI is InChI=1S/C54H38N2/c1-5-14-37(15-6-1)38-24-27-43(28-25-38)52-35-47(34-51(56-52)41-18-9-3-10-19-41)45-23-13-22-44(32-45)46-29-26-40-30-31-50-54(48(40)33-46)49(39-16-7-2-8-17-39)36-53(55-50)42-20-11-4-12-21-42/h1-24,26-27,29-36H,25,28H2. The minimum absolute atomic E-state index is 0.948. The molecule has 0 N–H and O–H groups in total.